The third kappa shape index (κ3) is 4.51. The number of carbonyl (C=O) groups excluding carboxylic acids is 1. The number of piperidine rings is 1. The average molecular weight is 456 g/mol. The number of nitrogens with zero attached hydrogens (tertiary/aromatic N) is 1. The summed E-state index contributed by atoms with van der Waals surface area (Å²) in [6.45, 7) is 1.26. The van der Waals surface area contributed by atoms with Crippen LogP contribution in [0.2, 0.25) is 0 Å². The normalized spacial score (nSPS) is 20.0. The van der Waals surface area contributed by atoms with Gasteiger partial charge in [0.25, 0.3) is 0 Å². The molecular formula is C24H23BrFNO2. The number of halogens is 2. The van der Waals surface area contributed by atoms with E-state index in [4.69, 9.17) is 4.74 Å². The Bertz CT molecular complexity index is 1020. The number of likely N-dealkylation sites (N-methyl/N-ethyl adjacent to an activating group) is 1. The highest BCUT2D eigenvalue weighted by Crippen LogP contribution is 2.31. The van der Waals surface area contributed by atoms with Gasteiger partial charge in [0.15, 0.2) is 0 Å². The topological polar surface area (TPSA) is 29.5 Å². The number of benzene rings is 3. The Morgan fingerprint density at radius 3 is 2.72 bits per heavy atom. The predicted molar refractivity (Wildman–Crippen MR) is 117 cm³/mol. The van der Waals surface area contributed by atoms with E-state index in [-0.39, 0.29) is 17.8 Å². The molecule has 3 nitrogen and oxygen atoms in total. The van der Waals surface area contributed by atoms with Gasteiger partial charge in [0.2, 0.25) is 0 Å². The number of likely N-dealkylation sites (tertiary alicyclic amines) is 1. The summed E-state index contributed by atoms with van der Waals surface area (Å²) in [4.78, 5) is 15.1. The first-order valence-corrected chi connectivity index (χ1v) is 10.6. The van der Waals surface area contributed by atoms with Crippen molar-refractivity contribution in [2.75, 3.05) is 20.2 Å². The van der Waals surface area contributed by atoms with Crippen LogP contribution in [-0.2, 0) is 4.74 Å². The molecule has 1 saturated heterocycles. The maximum Gasteiger partial charge on any atom is 0.338 e. The summed E-state index contributed by atoms with van der Waals surface area (Å²) in [5.74, 6) is -0.171. The van der Waals surface area contributed by atoms with Crippen molar-refractivity contribution in [1.29, 1.82) is 0 Å². The lowest BCUT2D eigenvalue weighted by Gasteiger charge is -2.37. The highest BCUT2D eigenvalue weighted by atomic mass is 79.9. The van der Waals surface area contributed by atoms with E-state index in [0.29, 0.717) is 18.1 Å². The van der Waals surface area contributed by atoms with Crippen LogP contribution in [0.4, 0.5) is 4.39 Å². The van der Waals surface area contributed by atoms with Gasteiger partial charge in [-0.25, -0.2) is 9.18 Å². The van der Waals surface area contributed by atoms with E-state index in [1.807, 2.05) is 48.5 Å². The molecule has 4 rings (SSSR count). The molecule has 0 aromatic heterocycles. The molecule has 0 N–H and O–H groups in total. The minimum absolute atomic E-state index is 0.140. The molecule has 0 bridgehead atoms. The lowest BCUT2D eigenvalue weighted by atomic mass is 9.86. The van der Waals surface area contributed by atoms with Crippen LogP contribution in [-0.4, -0.2) is 37.1 Å². The van der Waals surface area contributed by atoms with Crippen molar-refractivity contribution < 1.29 is 13.9 Å². The number of carbonyl (C=O) groups is 1. The molecule has 0 aliphatic carbocycles. The number of fused-ring (bicyclic) bond motifs is 1. The SMILES string of the molecule is CN1CCC(c2ccc(F)cc2)CC1COC(=O)c1cc(Br)cc2ccccc12. The smallest absolute Gasteiger partial charge is 0.338 e. The molecule has 0 amide bonds. The molecule has 2 unspecified atom stereocenters. The molecule has 0 saturated carbocycles. The quantitative estimate of drug-likeness (QED) is 0.467. The fraction of sp³-hybridized carbons (Fsp3) is 0.292. The van der Waals surface area contributed by atoms with Crippen molar-refractivity contribution >= 4 is 32.7 Å². The van der Waals surface area contributed by atoms with Crippen LogP contribution in [0.15, 0.2) is 65.1 Å². The van der Waals surface area contributed by atoms with E-state index < -0.39 is 0 Å². The molecule has 0 spiro atoms. The minimum atomic E-state index is -0.306. The van der Waals surface area contributed by atoms with Crippen molar-refractivity contribution in [2.24, 2.45) is 0 Å². The minimum Gasteiger partial charge on any atom is -0.460 e. The highest BCUT2D eigenvalue weighted by Gasteiger charge is 2.28. The molecule has 29 heavy (non-hydrogen) atoms. The van der Waals surface area contributed by atoms with Crippen LogP contribution in [0.25, 0.3) is 10.8 Å². The second-order valence-electron chi connectivity index (χ2n) is 7.68. The molecule has 1 aliphatic rings. The summed E-state index contributed by atoms with van der Waals surface area (Å²) in [5.41, 5.74) is 1.72. The standard InChI is InChI=1S/C24H23BrFNO2/c1-27-11-10-17(16-6-8-20(26)9-7-16)13-21(27)15-29-24(28)23-14-19(25)12-18-4-2-3-5-22(18)23/h2-9,12,14,17,21H,10-11,13,15H2,1H3. The van der Waals surface area contributed by atoms with Crippen molar-refractivity contribution in [3.63, 3.8) is 0 Å². The van der Waals surface area contributed by atoms with Crippen LogP contribution >= 0.6 is 15.9 Å². The van der Waals surface area contributed by atoms with E-state index in [2.05, 4.69) is 27.9 Å². The van der Waals surface area contributed by atoms with Gasteiger partial charge >= 0.3 is 5.97 Å². The highest BCUT2D eigenvalue weighted by molar-refractivity contribution is 9.10. The van der Waals surface area contributed by atoms with Gasteiger partial charge in [-0.1, -0.05) is 52.3 Å². The molecule has 2 atom stereocenters. The van der Waals surface area contributed by atoms with Crippen LogP contribution in [0.3, 0.4) is 0 Å². The van der Waals surface area contributed by atoms with E-state index >= 15 is 0 Å². The van der Waals surface area contributed by atoms with Crippen LogP contribution < -0.4 is 0 Å². The number of rotatable bonds is 4. The Kier molecular flexibility index (Phi) is 5.97. The van der Waals surface area contributed by atoms with Gasteiger partial charge in [-0.05, 0) is 73.0 Å². The Labute approximate surface area is 178 Å². The largest absolute Gasteiger partial charge is 0.460 e. The van der Waals surface area contributed by atoms with Crippen LogP contribution in [0.1, 0.15) is 34.7 Å². The molecule has 1 aliphatic heterocycles. The second-order valence-corrected chi connectivity index (χ2v) is 8.60. The third-order valence-electron chi connectivity index (χ3n) is 5.80. The average Bonchev–Trinajstić information content (AvgIpc) is 2.73. The molecule has 150 valence electrons. The van der Waals surface area contributed by atoms with E-state index in [0.717, 1.165) is 40.2 Å². The molecule has 3 aromatic rings. The maximum absolute atomic E-state index is 13.2. The maximum atomic E-state index is 13.2. The van der Waals surface area contributed by atoms with Gasteiger partial charge in [0, 0.05) is 10.5 Å². The van der Waals surface area contributed by atoms with Crippen molar-refractivity contribution in [2.45, 2.75) is 24.8 Å². The third-order valence-corrected chi connectivity index (χ3v) is 6.26. The zero-order valence-corrected chi connectivity index (χ0v) is 17.9. The summed E-state index contributed by atoms with van der Waals surface area (Å²) in [6.07, 6.45) is 1.90. The zero-order valence-electron chi connectivity index (χ0n) is 16.3. The summed E-state index contributed by atoms with van der Waals surface area (Å²) in [6, 6.07) is 18.5. The molecule has 1 heterocycles. The van der Waals surface area contributed by atoms with Crippen molar-refractivity contribution in [3.05, 3.63) is 82.1 Å². The van der Waals surface area contributed by atoms with Gasteiger partial charge in [0.1, 0.15) is 12.4 Å². The van der Waals surface area contributed by atoms with Crippen LogP contribution in [0.5, 0.6) is 0 Å². The summed E-state index contributed by atoms with van der Waals surface area (Å²) >= 11 is 3.48. The monoisotopic (exact) mass is 455 g/mol. The molecule has 3 aromatic carbocycles. The van der Waals surface area contributed by atoms with E-state index in [1.54, 1.807) is 0 Å². The fourth-order valence-electron chi connectivity index (χ4n) is 4.09. The molecule has 1 fully saturated rings. The second kappa shape index (κ2) is 8.64. The number of hydrogen-bond acceptors (Lipinski definition) is 3. The van der Waals surface area contributed by atoms with Crippen LogP contribution in [0, 0.1) is 5.82 Å². The van der Waals surface area contributed by atoms with E-state index in [9.17, 15) is 9.18 Å². The Hall–Kier alpha value is -2.24. The first-order valence-electron chi connectivity index (χ1n) is 9.82. The first-order chi connectivity index (χ1) is 14.0. The lowest BCUT2D eigenvalue weighted by molar-refractivity contribution is 0.0311. The summed E-state index contributed by atoms with van der Waals surface area (Å²) < 4.78 is 19.8. The lowest BCUT2D eigenvalue weighted by Crippen LogP contribution is -2.42. The Balaban J connectivity index is 1.46. The van der Waals surface area contributed by atoms with Crippen molar-refractivity contribution in [3.8, 4) is 0 Å². The Morgan fingerprint density at radius 2 is 1.93 bits per heavy atom. The zero-order chi connectivity index (χ0) is 20.4. The molecule has 5 heteroatoms. The first kappa shape index (κ1) is 20.0. The van der Waals surface area contributed by atoms with Gasteiger partial charge in [-0.2, -0.15) is 0 Å². The van der Waals surface area contributed by atoms with Gasteiger partial charge in [-0.3, -0.25) is 4.90 Å². The number of hydrogen-bond donors (Lipinski definition) is 0. The fourth-order valence-corrected chi connectivity index (χ4v) is 4.57. The van der Waals surface area contributed by atoms with Gasteiger partial charge in [-0.15, -0.1) is 0 Å². The van der Waals surface area contributed by atoms with E-state index in [1.165, 1.54) is 12.1 Å². The Morgan fingerprint density at radius 1 is 1.17 bits per heavy atom. The predicted octanol–water partition coefficient (Wildman–Crippen LogP) is 5.78. The van der Waals surface area contributed by atoms with Gasteiger partial charge in [0.05, 0.1) is 5.56 Å². The van der Waals surface area contributed by atoms with Gasteiger partial charge < -0.3 is 4.74 Å². The summed E-state index contributed by atoms with van der Waals surface area (Å²) in [7, 11) is 2.06. The summed E-state index contributed by atoms with van der Waals surface area (Å²) in [5, 5.41) is 1.89. The van der Waals surface area contributed by atoms with Crippen molar-refractivity contribution in [1.82, 2.24) is 4.90 Å². The number of esters is 1. The molecule has 0 radical (unpaired) electrons. The number of ether oxygens (including phenoxy) is 1. The molecular weight excluding hydrogens is 433 g/mol.